The molecule has 3 aromatic rings. The monoisotopic (exact) mass is 592 g/mol. The van der Waals surface area contributed by atoms with Crippen molar-refractivity contribution in [3.63, 3.8) is 0 Å². The van der Waals surface area contributed by atoms with E-state index in [-0.39, 0.29) is 0 Å². The number of hydrogen-bond donors (Lipinski definition) is 3. The number of aryl methyl sites for hydroxylation is 1. The van der Waals surface area contributed by atoms with Crippen LogP contribution in [0.25, 0.3) is 6.08 Å². The summed E-state index contributed by atoms with van der Waals surface area (Å²) in [6.07, 6.45) is 10.1. The van der Waals surface area contributed by atoms with Crippen LogP contribution in [0.2, 0.25) is 0 Å². The van der Waals surface area contributed by atoms with Crippen molar-refractivity contribution < 1.29 is 34.1 Å². The molecular weight excluding hydrogens is 556 g/mol. The Morgan fingerprint density at radius 2 is 1.67 bits per heavy atom. The van der Waals surface area contributed by atoms with Gasteiger partial charge in [-0.15, -0.1) is 11.8 Å². The molecule has 0 aliphatic carbocycles. The van der Waals surface area contributed by atoms with Crippen LogP contribution < -0.4 is 14.8 Å². The van der Waals surface area contributed by atoms with Gasteiger partial charge in [-0.1, -0.05) is 43.9 Å². The molecule has 0 fully saturated rings. The molecule has 0 saturated heterocycles. The highest BCUT2D eigenvalue weighted by Gasteiger charge is 2.12. The fourth-order valence-electron chi connectivity index (χ4n) is 4.09. The lowest BCUT2D eigenvalue weighted by molar-refractivity contribution is -0.147. The molecule has 1 heterocycles. The number of benzene rings is 2. The van der Waals surface area contributed by atoms with E-state index < -0.39 is 17.8 Å². The van der Waals surface area contributed by atoms with Gasteiger partial charge in [-0.2, -0.15) is 0 Å². The molecule has 2 aromatic carbocycles. The molecule has 0 radical (unpaired) electrons. The molecule has 0 saturated carbocycles. The van der Waals surface area contributed by atoms with E-state index in [0.29, 0.717) is 35.2 Å². The molecule has 222 valence electrons. The Morgan fingerprint density at radius 3 is 2.38 bits per heavy atom. The van der Waals surface area contributed by atoms with Crippen molar-refractivity contribution in [2.45, 2.75) is 55.6 Å². The lowest BCUT2D eigenvalue weighted by Crippen LogP contribution is -2.21. The summed E-state index contributed by atoms with van der Waals surface area (Å²) in [5.41, 5.74) is 2.86. The highest BCUT2D eigenvalue weighted by Crippen LogP contribution is 2.27. The maximum Gasteiger partial charge on any atom is 0.394 e. The number of rotatable bonds is 17. The topological polar surface area (TPSA) is 135 Å². The second-order valence-corrected chi connectivity index (χ2v) is 10.5. The van der Waals surface area contributed by atoms with Gasteiger partial charge < -0.3 is 25.0 Å². The van der Waals surface area contributed by atoms with Crippen molar-refractivity contribution in [1.82, 2.24) is 4.98 Å². The molecular formula is C32H36N2O7S. The van der Waals surface area contributed by atoms with E-state index in [2.05, 4.69) is 22.4 Å². The molecule has 9 nitrogen and oxygen atoms in total. The number of carbonyl (C=O) groups is 3. The maximum absolute atomic E-state index is 11.4. The molecule has 3 rings (SSSR count). The third kappa shape index (κ3) is 11.7. The summed E-state index contributed by atoms with van der Waals surface area (Å²) < 4.78 is 11.2. The van der Waals surface area contributed by atoms with E-state index >= 15 is 0 Å². The van der Waals surface area contributed by atoms with Crippen LogP contribution in [0.5, 0.6) is 11.5 Å². The number of carboxylic acids is 2. The second kappa shape index (κ2) is 17.5. The van der Waals surface area contributed by atoms with Gasteiger partial charge in [0.1, 0.15) is 17.2 Å². The molecule has 0 atom stereocenters. The molecule has 10 heteroatoms. The number of aliphatic carboxylic acids is 2. The van der Waals surface area contributed by atoms with E-state index in [1.54, 1.807) is 31.4 Å². The minimum Gasteiger partial charge on any atom is -0.497 e. The largest absolute Gasteiger partial charge is 0.497 e. The molecule has 0 aliphatic heterocycles. The molecule has 0 bridgehead atoms. The van der Waals surface area contributed by atoms with Gasteiger partial charge in [0.25, 0.3) is 0 Å². The molecule has 0 spiro atoms. The van der Waals surface area contributed by atoms with E-state index in [4.69, 9.17) is 19.7 Å². The zero-order valence-corrected chi connectivity index (χ0v) is 24.4. The number of anilines is 1. The second-order valence-electron chi connectivity index (χ2n) is 9.50. The van der Waals surface area contributed by atoms with Gasteiger partial charge in [0.05, 0.1) is 19.4 Å². The van der Waals surface area contributed by atoms with Crippen molar-refractivity contribution >= 4 is 41.4 Å². The Kier molecular flexibility index (Phi) is 13.4. The highest BCUT2D eigenvalue weighted by atomic mass is 32.2. The summed E-state index contributed by atoms with van der Waals surface area (Å²) in [5.74, 6) is -1.86. The summed E-state index contributed by atoms with van der Waals surface area (Å²) in [6, 6.07) is 18.7. The van der Waals surface area contributed by atoms with E-state index in [0.717, 1.165) is 48.8 Å². The Bertz CT molecular complexity index is 1360. The first kappa shape index (κ1) is 32.2. The van der Waals surface area contributed by atoms with Crippen molar-refractivity contribution in [2.75, 3.05) is 19.0 Å². The van der Waals surface area contributed by atoms with Crippen LogP contribution in [0.4, 0.5) is 5.69 Å². The molecule has 0 unspecified atom stereocenters. The van der Waals surface area contributed by atoms with Crippen LogP contribution in [0, 0.1) is 0 Å². The molecule has 3 N–H and O–H groups in total. The van der Waals surface area contributed by atoms with E-state index in [1.807, 2.05) is 24.3 Å². The van der Waals surface area contributed by atoms with Gasteiger partial charge in [-0.3, -0.25) is 4.79 Å². The number of ether oxygens (including phenoxy) is 2. The first-order valence-electron chi connectivity index (χ1n) is 13.8. The standard InChI is InChI=1S/C32H36N2O7S/c1-40-26-15-12-23(13-16-26)9-6-4-2-3-5-7-20-41-29-18-14-25(33-28(29)17-19-30(35)36)22-42-27-11-8-10-24(21-27)34-31(37)32(38)39/h8,10-19,21H,2-7,9,20,22H2,1H3,(H,34,37)(H,35,36)(H,38,39). The third-order valence-electron chi connectivity index (χ3n) is 6.28. The first-order chi connectivity index (χ1) is 20.3. The van der Waals surface area contributed by atoms with Crippen LogP contribution in [-0.2, 0) is 26.6 Å². The van der Waals surface area contributed by atoms with Gasteiger partial charge in [-0.25, -0.2) is 14.6 Å². The van der Waals surface area contributed by atoms with Gasteiger partial charge >= 0.3 is 17.8 Å². The summed E-state index contributed by atoms with van der Waals surface area (Å²) >= 11 is 1.45. The number of aromatic nitrogens is 1. The number of thioether (sulfide) groups is 1. The van der Waals surface area contributed by atoms with Gasteiger partial charge in [0, 0.05) is 22.4 Å². The van der Waals surface area contributed by atoms with Gasteiger partial charge in [-0.05, 0) is 73.4 Å². The van der Waals surface area contributed by atoms with Crippen LogP contribution in [0.15, 0.2) is 71.6 Å². The smallest absolute Gasteiger partial charge is 0.394 e. The quantitative estimate of drug-likeness (QED) is 0.0698. The molecule has 42 heavy (non-hydrogen) atoms. The number of unbranched alkanes of at least 4 members (excludes halogenated alkanes) is 5. The fourth-order valence-corrected chi connectivity index (χ4v) is 4.95. The average molecular weight is 593 g/mol. The summed E-state index contributed by atoms with van der Waals surface area (Å²) in [7, 11) is 1.67. The highest BCUT2D eigenvalue weighted by molar-refractivity contribution is 7.98. The van der Waals surface area contributed by atoms with Crippen LogP contribution in [0.1, 0.15) is 55.5 Å². The summed E-state index contributed by atoms with van der Waals surface area (Å²) in [5, 5.41) is 20.2. The zero-order chi connectivity index (χ0) is 30.2. The minimum absolute atomic E-state index is 0.378. The average Bonchev–Trinajstić information content (AvgIpc) is 2.99. The predicted molar refractivity (Wildman–Crippen MR) is 163 cm³/mol. The van der Waals surface area contributed by atoms with E-state index in [1.165, 1.54) is 36.2 Å². The fraction of sp³-hybridized carbons (Fsp3) is 0.312. The number of amides is 1. The van der Waals surface area contributed by atoms with Crippen LogP contribution in [-0.4, -0.2) is 46.8 Å². The minimum atomic E-state index is -1.56. The summed E-state index contributed by atoms with van der Waals surface area (Å²) in [4.78, 5) is 38.7. The number of hydrogen-bond acceptors (Lipinski definition) is 7. The zero-order valence-electron chi connectivity index (χ0n) is 23.6. The molecule has 1 amide bonds. The Labute approximate surface area is 250 Å². The molecule has 0 aliphatic rings. The number of carboxylic acid groups (broad SMARTS) is 2. The van der Waals surface area contributed by atoms with E-state index in [9.17, 15) is 14.4 Å². The predicted octanol–water partition coefficient (Wildman–Crippen LogP) is 6.47. The number of nitrogens with zero attached hydrogens (tertiary/aromatic N) is 1. The summed E-state index contributed by atoms with van der Waals surface area (Å²) in [6.45, 7) is 0.518. The SMILES string of the molecule is COc1ccc(CCCCCCCCOc2ccc(CSc3cccc(NC(=O)C(=O)O)c3)nc2C=CC(=O)O)cc1. The van der Waals surface area contributed by atoms with Crippen molar-refractivity contribution in [3.8, 4) is 11.5 Å². The van der Waals surface area contributed by atoms with Crippen LogP contribution in [0.3, 0.4) is 0 Å². The van der Waals surface area contributed by atoms with Gasteiger partial charge in [0.15, 0.2) is 0 Å². The lowest BCUT2D eigenvalue weighted by atomic mass is 10.0. The maximum atomic E-state index is 11.4. The molecule has 1 aromatic heterocycles. The van der Waals surface area contributed by atoms with Crippen LogP contribution >= 0.6 is 11.8 Å². The van der Waals surface area contributed by atoms with Crippen molar-refractivity contribution in [2.24, 2.45) is 0 Å². The number of pyridine rings is 1. The number of carbonyl (C=O) groups excluding carboxylic acids is 1. The normalized spacial score (nSPS) is 10.9. The van der Waals surface area contributed by atoms with Crippen molar-refractivity contribution in [1.29, 1.82) is 0 Å². The number of nitrogens with one attached hydrogen (secondary N) is 1. The van der Waals surface area contributed by atoms with Gasteiger partial charge in [0.2, 0.25) is 0 Å². The Balaban J connectivity index is 1.43. The Morgan fingerprint density at radius 1 is 0.929 bits per heavy atom. The Hall–Kier alpha value is -4.31. The number of methoxy groups -OCH3 is 1. The van der Waals surface area contributed by atoms with Crippen molar-refractivity contribution in [3.05, 3.63) is 83.7 Å². The lowest BCUT2D eigenvalue weighted by Gasteiger charge is -2.11. The first-order valence-corrected chi connectivity index (χ1v) is 14.8. The third-order valence-corrected chi connectivity index (χ3v) is 7.30.